The summed E-state index contributed by atoms with van der Waals surface area (Å²) in [5.74, 6) is 1.94. The first-order chi connectivity index (χ1) is 9.31. The molecule has 2 saturated carbocycles. The highest BCUT2D eigenvalue weighted by molar-refractivity contribution is 5.91. The zero-order valence-electron chi connectivity index (χ0n) is 10.9. The quantitative estimate of drug-likeness (QED) is 0.852. The van der Waals surface area contributed by atoms with E-state index in [2.05, 4.69) is 14.9 Å². The summed E-state index contributed by atoms with van der Waals surface area (Å²) in [6.45, 7) is 1.14. The number of aromatic nitrogens is 2. The highest BCUT2D eigenvalue weighted by Crippen LogP contribution is 2.39. The molecule has 0 aliphatic heterocycles. The third-order valence-electron chi connectivity index (χ3n) is 4.05. The van der Waals surface area contributed by atoms with Gasteiger partial charge in [-0.2, -0.15) is 0 Å². The Morgan fingerprint density at radius 1 is 1.16 bits per heavy atom. The Hall–Kier alpha value is -1.84. The van der Waals surface area contributed by atoms with Crippen molar-refractivity contribution in [2.45, 2.75) is 31.7 Å². The molecule has 4 rings (SSSR count). The van der Waals surface area contributed by atoms with Gasteiger partial charge in [0.05, 0.1) is 5.52 Å². The van der Waals surface area contributed by atoms with E-state index in [9.17, 15) is 0 Å². The van der Waals surface area contributed by atoms with Crippen LogP contribution in [0.4, 0.5) is 11.5 Å². The van der Waals surface area contributed by atoms with Gasteiger partial charge in [-0.1, -0.05) is 0 Å². The van der Waals surface area contributed by atoms with Crippen molar-refractivity contribution in [2.24, 2.45) is 5.92 Å². The maximum Gasteiger partial charge on any atom is 0.140 e. The van der Waals surface area contributed by atoms with Gasteiger partial charge < -0.3 is 10.6 Å². The van der Waals surface area contributed by atoms with Gasteiger partial charge in [0.1, 0.15) is 12.1 Å². The number of nitrogens with zero attached hydrogens (tertiary/aromatic N) is 3. The van der Waals surface area contributed by atoms with Crippen LogP contribution in [0.1, 0.15) is 25.7 Å². The molecule has 2 N–H and O–H groups in total. The number of hydrogen-bond donors (Lipinski definition) is 1. The fraction of sp³-hybridized carbons (Fsp3) is 0.467. The largest absolute Gasteiger partial charge is 0.399 e. The van der Waals surface area contributed by atoms with E-state index in [0.717, 1.165) is 34.9 Å². The summed E-state index contributed by atoms with van der Waals surface area (Å²) >= 11 is 0. The van der Waals surface area contributed by atoms with Crippen molar-refractivity contribution in [2.75, 3.05) is 17.2 Å². The molecular weight excluding hydrogens is 236 g/mol. The Labute approximate surface area is 112 Å². The summed E-state index contributed by atoms with van der Waals surface area (Å²) in [5.41, 5.74) is 7.69. The summed E-state index contributed by atoms with van der Waals surface area (Å²) in [5, 5.41) is 1.09. The van der Waals surface area contributed by atoms with Crippen LogP contribution in [0.2, 0.25) is 0 Å². The van der Waals surface area contributed by atoms with E-state index in [4.69, 9.17) is 5.73 Å². The molecule has 0 amide bonds. The summed E-state index contributed by atoms with van der Waals surface area (Å²) in [7, 11) is 0. The van der Waals surface area contributed by atoms with E-state index < -0.39 is 0 Å². The fourth-order valence-corrected chi connectivity index (χ4v) is 2.66. The molecule has 4 heteroatoms. The van der Waals surface area contributed by atoms with E-state index in [1.54, 1.807) is 6.33 Å². The predicted molar refractivity (Wildman–Crippen MR) is 77.0 cm³/mol. The van der Waals surface area contributed by atoms with Crippen LogP contribution in [-0.2, 0) is 0 Å². The molecule has 0 spiro atoms. The smallest absolute Gasteiger partial charge is 0.140 e. The summed E-state index contributed by atoms with van der Waals surface area (Å²) in [6.07, 6.45) is 7.00. The molecule has 1 aromatic heterocycles. The van der Waals surface area contributed by atoms with Crippen LogP contribution >= 0.6 is 0 Å². The first kappa shape index (κ1) is 11.0. The number of fused-ring (bicyclic) bond motifs is 1. The highest BCUT2D eigenvalue weighted by atomic mass is 15.2. The number of nitrogen functional groups attached to an aromatic ring is 1. The summed E-state index contributed by atoms with van der Waals surface area (Å²) in [4.78, 5) is 11.4. The second kappa shape index (κ2) is 4.08. The topological polar surface area (TPSA) is 55.0 Å². The van der Waals surface area contributed by atoms with E-state index in [0.29, 0.717) is 6.04 Å². The van der Waals surface area contributed by atoms with Gasteiger partial charge in [0, 0.05) is 23.7 Å². The SMILES string of the molecule is Nc1ccc2ncnc(N(CC3CC3)C3CC3)c2c1. The third-order valence-corrected chi connectivity index (χ3v) is 4.05. The number of nitrogens with two attached hydrogens (primary N) is 1. The average molecular weight is 254 g/mol. The van der Waals surface area contributed by atoms with E-state index >= 15 is 0 Å². The number of hydrogen-bond acceptors (Lipinski definition) is 4. The van der Waals surface area contributed by atoms with Gasteiger partial charge in [-0.25, -0.2) is 9.97 Å². The minimum Gasteiger partial charge on any atom is -0.399 e. The van der Waals surface area contributed by atoms with Gasteiger partial charge in [0.2, 0.25) is 0 Å². The molecule has 0 saturated heterocycles. The predicted octanol–water partition coefficient (Wildman–Crippen LogP) is 2.59. The molecule has 2 aliphatic carbocycles. The van der Waals surface area contributed by atoms with Gasteiger partial charge >= 0.3 is 0 Å². The minimum absolute atomic E-state index is 0.681. The molecule has 4 nitrogen and oxygen atoms in total. The zero-order valence-corrected chi connectivity index (χ0v) is 10.9. The van der Waals surface area contributed by atoms with Gasteiger partial charge in [0.15, 0.2) is 0 Å². The Kier molecular flexibility index (Phi) is 2.37. The van der Waals surface area contributed by atoms with Crippen molar-refractivity contribution < 1.29 is 0 Å². The standard InChI is InChI=1S/C15H18N4/c16-11-3-6-14-13(7-11)15(18-9-17-14)19(12-4-5-12)8-10-1-2-10/h3,6-7,9-10,12H,1-2,4-5,8,16H2. The van der Waals surface area contributed by atoms with Crippen LogP contribution in [0.15, 0.2) is 24.5 Å². The van der Waals surface area contributed by atoms with E-state index in [1.165, 1.54) is 25.7 Å². The lowest BCUT2D eigenvalue weighted by Crippen LogP contribution is -2.29. The first-order valence-electron chi connectivity index (χ1n) is 7.08. The molecule has 0 radical (unpaired) electrons. The Balaban J connectivity index is 1.80. The molecule has 2 fully saturated rings. The number of rotatable bonds is 4. The average Bonchev–Trinajstić information content (AvgIpc) is 3.27. The van der Waals surface area contributed by atoms with Crippen LogP contribution in [0.3, 0.4) is 0 Å². The lowest BCUT2D eigenvalue weighted by Gasteiger charge is -2.24. The highest BCUT2D eigenvalue weighted by Gasteiger charge is 2.35. The molecular formula is C15H18N4. The van der Waals surface area contributed by atoms with Gasteiger partial charge in [-0.15, -0.1) is 0 Å². The molecule has 0 bridgehead atoms. The van der Waals surface area contributed by atoms with Gasteiger partial charge in [-0.05, 0) is 49.8 Å². The van der Waals surface area contributed by atoms with Crippen molar-refractivity contribution in [3.63, 3.8) is 0 Å². The van der Waals surface area contributed by atoms with Crippen LogP contribution in [0, 0.1) is 5.92 Å². The van der Waals surface area contributed by atoms with E-state index in [1.807, 2.05) is 18.2 Å². The van der Waals surface area contributed by atoms with Crippen molar-refractivity contribution in [3.8, 4) is 0 Å². The minimum atomic E-state index is 0.681. The molecule has 0 unspecified atom stereocenters. The Bertz CT molecular complexity index is 617. The number of anilines is 2. The second-order valence-electron chi connectivity index (χ2n) is 5.80. The molecule has 1 aromatic carbocycles. The summed E-state index contributed by atoms with van der Waals surface area (Å²) in [6, 6.07) is 6.58. The Morgan fingerprint density at radius 2 is 2.00 bits per heavy atom. The fourth-order valence-electron chi connectivity index (χ4n) is 2.66. The van der Waals surface area contributed by atoms with E-state index in [-0.39, 0.29) is 0 Å². The van der Waals surface area contributed by atoms with Gasteiger partial charge in [-0.3, -0.25) is 0 Å². The molecule has 2 aromatic rings. The van der Waals surface area contributed by atoms with Crippen molar-refractivity contribution in [1.29, 1.82) is 0 Å². The molecule has 19 heavy (non-hydrogen) atoms. The molecule has 1 heterocycles. The molecule has 98 valence electrons. The maximum atomic E-state index is 5.92. The van der Waals surface area contributed by atoms with Crippen LogP contribution in [-0.4, -0.2) is 22.6 Å². The molecule has 0 atom stereocenters. The monoisotopic (exact) mass is 254 g/mol. The summed E-state index contributed by atoms with van der Waals surface area (Å²) < 4.78 is 0. The third kappa shape index (κ3) is 2.11. The van der Waals surface area contributed by atoms with Crippen LogP contribution in [0.5, 0.6) is 0 Å². The zero-order chi connectivity index (χ0) is 12.8. The Morgan fingerprint density at radius 3 is 2.74 bits per heavy atom. The molecule has 2 aliphatic rings. The van der Waals surface area contributed by atoms with Crippen molar-refractivity contribution in [1.82, 2.24) is 9.97 Å². The van der Waals surface area contributed by atoms with Gasteiger partial charge in [0.25, 0.3) is 0 Å². The lowest BCUT2D eigenvalue weighted by molar-refractivity contribution is 0.711. The lowest BCUT2D eigenvalue weighted by atomic mass is 10.2. The first-order valence-corrected chi connectivity index (χ1v) is 7.08. The number of benzene rings is 1. The second-order valence-corrected chi connectivity index (χ2v) is 5.80. The van der Waals surface area contributed by atoms with Crippen LogP contribution < -0.4 is 10.6 Å². The normalized spacial score (nSPS) is 18.7. The van der Waals surface area contributed by atoms with Crippen LogP contribution in [0.25, 0.3) is 10.9 Å². The van der Waals surface area contributed by atoms with Crippen molar-refractivity contribution in [3.05, 3.63) is 24.5 Å². The van der Waals surface area contributed by atoms with Crippen molar-refractivity contribution >= 4 is 22.4 Å². The maximum absolute atomic E-state index is 5.92.